The number of hydrogen-bond donors (Lipinski definition) is 1. The molecule has 0 bridgehead atoms. The van der Waals surface area contributed by atoms with Crippen molar-refractivity contribution in [2.75, 3.05) is 11.9 Å². The molecule has 2 rings (SSSR count). The van der Waals surface area contributed by atoms with E-state index in [-0.39, 0.29) is 0 Å². The zero-order valence-corrected chi connectivity index (χ0v) is 14.8. The molecule has 1 saturated carbocycles. The highest BCUT2D eigenvalue weighted by Gasteiger charge is 2.69. The largest absolute Gasteiger partial charge is 0.455 e. The summed E-state index contributed by atoms with van der Waals surface area (Å²) in [7, 11) is 0. The highest BCUT2D eigenvalue weighted by atomic mass is 35.5. The van der Waals surface area contributed by atoms with Crippen molar-refractivity contribution in [1.82, 2.24) is 0 Å². The number of ether oxygens (including phenoxy) is 1. The van der Waals surface area contributed by atoms with Crippen LogP contribution < -0.4 is 5.32 Å². The molecule has 0 spiro atoms. The van der Waals surface area contributed by atoms with E-state index in [1.165, 1.54) is 0 Å². The molecule has 0 heterocycles. The summed E-state index contributed by atoms with van der Waals surface area (Å²) in [5.74, 6) is -1.05. The molecule has 0 aromatic heterocycles. The maximum absolute atomic E-state index is 11.9. The summed E-state index contributed by atoms with van der Waals surface area (Å²) in [4.78, 5) is 24.5. The van der Waals surface area contributed by atoms with Gasteiger partial charge in [0.15, 0.2) is 6.61 Å². The average molecular weight is 373 g/mol. The Morgan fingerprint density at radius 2 is 2.13 bits per heavy atom. The fourth-order valence-corrected chi connectivity index (χ4v) is 3.16. The molecule has 1 N–H and O–H groups in total. The predicted octanol–water partition coefficient (Wildman–Crippen LogP) is 3.63. The lowest BCUT2D eigenvalue weighted by Gasteiger charge is -2.13. The van der Waals surface area contributed by atoms with Crippen molar-refractivity contribution in [2.45, 2.75) is 29.5 Å². The second-order valence-corrected chi connectivity index (χ2v) is 7.85. The maximum atomic E-state index is 11.9. The van der Waals surface area contributed by atoms with Crippen molar-refractivity contribution >= 4 is 52.5 Å². The molecule has 1 aromatic carbocycles. The topological polar surface area (TPSA) is 79.2 Å². The van der Waals surface area contributed by atoms with Crippen LogP contribution in [-0.4, -0.2) is 22.8 Å². The van der Waals surface area contributed by atoms with E-state index in [0.717, 1.165) is 22.2 Å². The zero-order valence-electron chi connectivity index (χ0n) is 12.5. The van der Waals surface area contributed by atoms with Crippen LogP contribution in [0.4, 0.5) is 5.69 Å². The molecule has 1 amide bonds. The number of esters is 1. The Morgan fingerprint density at radius 1 is 1.48 bits per heavy atom. The minimum Gasteiger partial charge on any atom is -0.455 e. The molecule has 0 aliphatic heterocycles. The molecule has 1 aliphatic carbocycles. The van der Waals surface area contributed by atoms with Crippen molar-refractivity contribution in [1.29, 1.82) is 5.26 Å². The van der Waals surface area contributed by atoms with Crippen molar-refractivity contribution in [3.63, 3.8) is 0 Å². The van der Waals surface area contributed by atoms with Gasteiger partial charge >= 0.3 is 5.97 Å². The summed E-state index contributed by atoms with van der Waals surface area (Å²) < 4.78 is 3.85. The summed E-state index contributed by atoms with van der Waals surface area (Å²) in [6.45, 7) is 3.00. The van der Waals surface area contributed by atoms with Crippen LogP contribution in [0.1, 0.15) is 18.9 Å². The Labute approximate surface area is 148 Å². The molecule has 1 aromatic rings. The number of halogens is 2. The van der Waals surface area contributed by atoms with E-state index in [9.17, 15) is 9.59 Å². The zero-order chi connectivity index (χ0) is 17.3. The van der Waals surface area contributed by atoms with Gasteiger partial charge in [0.25, 0.3) is 5.91 Å². The molecule has 23 heavy (non-hydrogen) atoms. The van der Waals surface area contributed by atoms with E-state index in [2.05, 4.69) is 5.32 Å². The summed E-state index contributed by atoms with van der Waals surface area (Å²) >= 11 is 12.8. The van der Waals surface area contributed by atoms with Gasteiger partial charge < -0.3 is 10.1 Å². The molecular weight excluding hydrogens is 359 g/mol. The number of anilines is 1. The number of thioether (sulfide) groups is 1. The standard InChI is InChI=1S/C15H14Cl2N2O3S/c1-9-5-10(23-8-18)3-4-11(9)19-12(20)6-22-13(21)14(2)7-15(14,16)17/h3-5H,6-7H2,1-2H3,(H,19,20)/t14-/m1/s1. The van der Waals surface area contributed by atoms with Gasteiger partial charge in [-0.2, -0.15) is 5.26 Å². The van der Waals surface area contributed by atoms with Crippen molar-refractivity contribution < 1.29 is 14.3 Å². The third-order valence-electron chi connectivity index (χ3n) is 3.68. The number of amides is 1. The van der Waals surface area contributed by atoms with Crippen LogP contribution >= 0.6 is 35.0 Å². The number of rotatable bonds is 5. The molecular formula is C15H14Cl2N2O3S. The predicted molar refractivity (Wildman–Crippen MR) is 89.4 cm³/mol. The molecule has 0 radical (unpaired) electrons. The van der Waals surface area contributed by atoms with Gasteiger partial charge in [-0.05, 0) is 49.4 Å². The Balaban J connectivity index is 1.88. The highest BCUT2D eigenvalue weighted by Crippen LogP contribution is 2.64. The van der Waals surface area contributed by atoms with Crippen LogP contribution in [0.3, 0.4) is 0 Å². The first kappa shape index (κ1) is 17.9. The minimum atomic E-state index is -1.12. The molecule has 1 aliphatic rings. The maximum Gasteiger partial charge on any atom is 0.315 e. The average Bonchev–Trinajstić information content (AvgIpc) is 2.99. The number of carbonyl (C=O) groups excluding carboxylic acids is 2. The third kappa shape index (κ3) is 3.92. The van der Waals surface area contributed by atoms with E-state index >= 15 is 0 Å². The van der Waals surface area contributed by atoms with E-state index in [4.69, 9.17) is 33.2 Å². The van der Waals surface area contributed by atoms with Gasteiger partial charge in [-0.25, -0.2) is 0 Å². The molecule has 5 nitrogen and oxygen atoms in total. The summed E-state index contributed by atoms with van der Waals surface area (Å²) in [5.41, 5.74) is 0.442. The van der Waals surface area contributed by atoms with E-state index in [1.807, 2.05) is 12.3 Å². The van der Waals surface area contributed by atoms with Crippen LogP contribution in [-0.2, 0) is 14.3 Å². The summed E-state index contributed by atoms with van der Waals surface area (Å²) in [6.07, 6.45) is 0.306. The molecule has 8 heteroatoms. The fourth-order valence-electron chi connectivity index (χ4n) is 1.99. The van der Waals surface area contributed by atoms with Crippen LogP contribution in [0.2, 0.25) is 0 Å². The van der Waals surface area contributed by atoms with Gasteiger partial charge in [0.05, 0.1) is 0 Å². The number of nitrogens with zero attached hydrogens (tertiary/aromatic N) is 1. The minimum absolute atomic E-state index is 0.306. The quantitative estimate of drug-likeness (QED) is 0.369. The van der Waals surface area contributed by atoms with Gasteiger partial charge in [-0.15, -0.1) is 23.2 Å². The second-order valence-electron chi connectivity index (χ2n) is 5.51. The van der Waals surface area contributed by atoms with E-state index < -0.39 is 28.2 Å². The molecule has 122 valence electrons. The third-order valence-corrected chi connectivity index (χ3v) is 5.36. The number of carbonyl (C=O) groups is 2. The first-order valence-electron chi connectivity index (χ1n) is 6.71. The van der Waals surface area contributed by atoms with Gasteiger partial charge in [0, 0.05) is 17.0 Å². The van der Waals surface area contributed by atoms with Crippen LogP contribution in [0, 0.1) is 23.0 Å². The number of alkyl halides is 2. The molecule has 1 atom stereocenters. The molecule has 0 saturated heterocycles. The van der Waals surface area contributed by atoms with E-state index in [1.54, 1.807) is 25.1 Å². The number of benzene rings is 1. The smallest absolute Gasteiger partial charge is 0.315 e. The molecule has 1 fully saturated rings. The number of nitriles is 1. The first-order chi connectivity index (χ1) is 10.7. The van der Waals surface area contributed by atoms with Crippen LogP contribution in [0.25, 0.3) is 0 Å². The van der Waals surface area contributed by atoms with Gasteiger partial charge in [0.2, 0.25) is 0 Å². The van der Waals surface area contributed by atoms with Crippen molar-refractivity contribution in [3.8, 4) is 5.40 Å². The Hall–Kier alpha value is -1.42. The number of thiocyanates is 1. The number of nitrogens with one attached hydrogen (secondary N) is 1. The Kier molecular flexibility index (Phi) is 5.14. The lowest BCUT2D eigenvalue weighted by atomic mass is 10.1. The summed E-state index contributed by atoms with van der Waals surface area (Å²) in [5, 5.41) is 13.3. The summed E-state index contributed by atoms with van der Waals surface area (Å²) in [6, 6.07) is 5.21. The molecule has 0 unspecified atom stereocenters. The van der Waals surface area contributed by atoms with Crippen LogP contribution in [0.5, 0.6) is 0 Å². The lowest BCUT2D eigenvalue weighted by Crippen LogP contribution is -2.27. The Bertz CT molecular complexity index is 702. The fraction of sp³-hybridized carbons (Fsp3) is 0.400. The first-order valence-corrected chi connectivity index (χ1v) is 8.28. The second kappa shape index (κ2) is 6.60. The van der Waals surface area contributed by atoms with Crippen LogP contribution in [0.15, 0.2) is 23.1 Å². The van der Waals surface area contributed by atoms with Gasteiger partial charge in [-0.1, -0.05) is 0 Å². The van der Waals surface area contributed by atoms with Gasteiger partial charge in [-0.3, -0.25) is 9.59 Å². The number of aryl methyl sites for hydroxylation is 1. The van der Waals surface area contributed by atoms with Crippen molar-refractivity contribution in [3.05, 3.63) is 23.8 Å². The lowest BCUT2D eigenvalue weighted by molar-refractivity contribution is -0.152. The normalized spacial score (nSPS) is 21.2. The monoisotopic (exact) mass is 372 g/mol. The highest BCUT2D eigenvalue weighted by molar-refractivity contribution is 8.03. The van der Waals surface area contributed by atoms with E-state index in [0.29, 0.717) is 12.1 Å². The SMILES string of the molecule is Cc1cc(SC#N)ccc1NC(=O)COC(=O)[C@@]1(C)CC1(Cl)Cl. The van der Waals surface area contributed by atoms with Crippen molar-refractivity contribution in [2.24, 2.45) is 5.41 Å². The number of hydrogen-bond acceptors (Lipinski definition) is 5. The van der Waals surface area contributed by atoms with Gasteiger partial charge in [0.1, 0.15) is 15.1 Å². The Morgan fingerprint density at radius 3 is 2.65 bits per heavy atom.